The number of hydrogen-bond donors (Lipinski definition) is 1. The van der Waals surface area contributed by atoms with E-state index in [-0.39, 0.29) is 17.8 Å². The summed E-state index contributed by atoms with van der Waals surface area (Å²) >= 11 is 7.32. The molecule has 32 heavy (non-hydrogen) atoms. The van der Waals surface area contributed by atoms with Gasteiger partial charge in [-0.15, -0.1) is 10.2 Å². The van der Waals surface area contributed by atoms with E-state index in [4.69, 9.17) is 21.1 Å². The molecule has 8 nitrogen and oxygen atoms in total. The van der Waals surface area contributed by atoms with Crippen molar-refractivity contribution in [2.45, 2.75) is 25.1 Å². The van der Waals surface area contributed by atoms with Crippen LogP contribution in [0.1, 0.15) is 19.4 Å². The molecule has 0 bridgehead atoms. The highest BCUT2D eigenvalue weighted by Crippen LogP contribution is 2.28. The van der Waals surface area contributed by atoms with Crippen LogP contribution in [-0.2, 0) is 11.8 Å². The van der Waals surface area contributed by atoms with Gasteiger partial charge in [0.1, 0.15) is 0 Å². The summed E-state index contributed by atoms with van der Waals surface area (Å²) in [5.41, 5.74) is 4.14. The van der Waals surface area contributed by atoms with E-state index in [1.54, 1.807) is 25.5 Å². The fourth-order valence-electron chi connectivity index (χ4n) is 2.78. The van der Waals surface area contributed by atoms with Crippen LogP contribution in [0.2, 0.25) is 5.02 Å². The molecule has 0 radical (unpaired) electrons. The van der Waals surface area contributed by atoms with Gasteiger partial charge in [-0.05, 0) is 49.7 Å². The quantitative estimate of drug-likeness (QED) is 0.285. The minimum atomic E-state index is -0.259. The molecule has 1 aromatic heterocycles. The lowest BCUT2D eigenvalue weighted by Crippen LogP contribution is -2.19. The van der Waals surface area contributed by atoms with Crippen molar-refractivity contribution >= 4 is 35.5 Å². The topological polar surface area (TPSA) is 90.6 Å². The van der Waals surface area contributed by atoms with Crippen LogP contribution in [0.3, 0.4) is 0 Å². The third-order valence-electron chi connectivity index (χ3n) is 4.20. The fourth-order valence-corrected chi connectivity index (χ4v) is 3.67. The molecule has 0 aliphatic heterocycles. The summed E-state index contributed by atoms with van der Waals surface area (Å²) in [7, 11) is 3.42. The number of ether oxygens (including phenoxy) is 2. The molecule has 10 heteroatoms. The molecule has 2 aromatic carbocycles. The van der Waals surface area contributed by atoms with Crippen molar-refractivity contribution in [3.63, 3.8) is 0 Å². The van der Waals surface area contributed by atoms with Gasteiger partial charge >= 0.3 is 0 Å². The van der Waals surface area contributed by atoms with E-state index in [2.05, 4.69) is 20.7 Å². The normalized spacial score (nSPS) is 11.2. The van der Waals surface area contributed by atoms with E-state index < -0.39 is 0 Å². The van der Waals surface area contributed by atoms with Gasteiger partial charge in [-0.3, -0.25) is 4.79 Å². The third kappa shape index (κ3) is 6.24. The third-order valence-corrected chi connectivity index (χ3v) is 5.46. The van der Waals surface area contributed by atoms with Crippen molar-refractivity contribution in [1.29, 1.82) is 0 Å². The van der Waals surface area contributed by atoms with Gasteiger partial charge in [0.25, 0.3) is 5.91 Å². The first-order chi connectivity index (χ1) is 15.4. The number of thioether (sulfide) groups is 1. The highest BCUT2D eigenvalue weighted by Gasteiger charge is 2.13. The molecule has 1 heterocycles. The molecule has 0 atom stereocenters. The summed E-state index contributed by atoms with van der Waals surface area (Å²) in [6.07, 6.45) is 1.58. The van der Waals surface area contributed by atoms with Crippen LogP contribution in [0.25, 0.3) is 11.4 Å². The smallest absolute Gasteiger partial charge is 0.250 e. The lowest BCUT2D eigenvalue weighted by atomic mass is 10.2. The highest BCUT2D eigenvalue weighted by atomic mass is 35.5. The van der Waals surface area contributed by atoms with Gasteiger partial charge in [-0.2, -0.15) is 5.10 Å². The Kier molecular flexibility index (Phi) is 8.13. The predicted molar refractivity (Wildman–Crippen MR) is 127 cm³/mol. The van der Waals surface area contributed by atoms with E-state index in [0.717, 1.165) is 11.1 Å². The Balaban J connectivity index is 1.55. The summed E-state index contributed by atoms with van der Waals surface area (Å²) in [6.45, 7) is 3.89. The van der Waals surface area contributed by atoms with Gasteiger partial charge < -0.3 is 14.0 Å². The SMILES string of the molecule is COc1cc(C=NNC(=O)CSc2nnc(-c3cccc(Cl)c3)n2C)ccc1OC(C)C. The molecule has 168 valence electrons. The molecule has 1 amide bonds. The van der Waals surface area contributed by atoms with Crippen LogP contribution >= 0.6 is 23.4 Å². The number of halogens is 1. The Morgan fingerprint density at radius 1 is 1.25 bits per heavy atom. The average Bonchev–Trinajstić information content (AvgIpc) is 3.13. The van der Waals surface area contributed by atoms with Gasteiger partial charge in [0.2, 0.25) is 0 Å². The number of nitrogens with zero attached hydrogens (tertiary/aromatic N) is 4. The van der Waals surface area contributed by atoms with E-state index in [9.17, 15) is 4.79 Å². The first kappa shape index (κ1) is 23.6. The van der Waals surface area contributed by atoms with Crippen LogP contribution < -0.4 is 14.9 Å². The van der Waals surface area contributed by atoms with Crippen molar-refractivity contribution < 1.29 is 14.3 Å². The first-order valence-corrected chi connectivity index (χ1v) is 11.2. The molecule has 0 saturated heterocycles. The minimum absolute atomic E-state index is 0.0377. The highest BCUT2D eigenvalue weighted by molar-refractivity contribution is 7.99. The second-order valence-electron chi connectivity index (χ2n) is 7.03. The maximum atomic E-state index is 12.2. The second kappa shape index (κ2) is 11.0. The lowest BCUT2D eigenvalue weighted by Gasteiger charge is -2.13. The van der Waals surface area contributed by atoms with Gasteiger partial charge in [0.05, 0.1) is 25.2 Å². The Morgan fingerprint density at radius 2 is 2.06 bits per heavy atom. The van der Waals surface area contributed by atoms with E-state index in [0.29, 0.717) is 27.5 Å². The number of carbonyl (C=O) groups excluding carboxylic acids is 1. The zero-order valence-electron chi connectivity index (χ0n) is 18.2. The van der Waals surface area contributed by atoms with Gasteiger partial charge in [-0.25, -0.2) is 5.43 Å². The number of benzene rings is 2. The standard InChI is InChI=1S/C22H24ClN5O3S/c1-14(2)31-18-9-8-15(10-19(18)30-4)12-24-25-20(29)13-32-22-27-26-21(28(22)3)16-6-5-7-17(23)11-16/h5-12,14H,13H2,1-4H3,(H,25,29). The minimum Gasteiger partial charge on any atom is -0.493 e. The van der Waals surface area contributed by atoms with Crippen LogP contribution in [0, 0.1) is 0 Å². The Hall–Kier alpha value is -3.04. The molecule has 1 N–H and O–H groups in total. The zero-order chi connectivity index (χ0) is 23.1. The maximum absolute atomic E-state index is 12.2. The number of methoxy groups -OCH3 is 1. The molecule has 0 aliphatic rings. The van der Waals surface area contributed by atoms with Crippen molar-refractivity contribution in [2.24, 2.45) is 12.1 Å². The van der Waals surface area contributed by atoms with Crippen molar-refractivity contribution in [3.8, 4) is 22.9 Å². The molecule has 0 unspecified atom stereocenters. The Morgan fingerprint density at radius 3 is 2.78 bits per heavy atom. The van der Waals surface area contributed by atoms with Gasteiger partial charge in [-0.1, -0.05) is 35.5 Å². The zero-order valence-corrected chi connectivity index (χ0v) is 19.8. The molecular formula is C22H24ClN5O3S. The monoisotopic (exact) mass is 473 g/mol. The van der Waals surface area contributed by atoms with Crippen molar-refractivity contribution in [1.82, 2.24) is 20.2 Å². The van der Waals surface area contributed by atoms with Crippen molar-refractivity contribution in [2.75, 3.05) is 12.9 Å². The number of nitrogens with one attached hydrogen (secondary N) is 1. The summed E-state index contributed by atoms with van der Waals surface area (Å²) in [4.78, 5) is 12.2. The number of rotatable bonds is 9. The average molecular weight is 474 g/mol. The van der Waals surface area contributed by atoms with Gasteiger partial charge in [0, 0.05) is 17.6 Å². The molecule has 0 aliphatic carbocycles. The molecule has 0 spiro atoms. The summed E-state index contributed by atoms with van der Waals surface area (Å²) < 4.78 is 12.9. The summed E-state index contributed by atoms with van der Waals surface area (Å²) in [5, 5.41) is 13.6. The maximum Gasteiger partial charge on any atom is 0.250 e. The molecule has 3 aromatic rings. The molecule has 3 rings (SSSR count). The van der Waals surface area contributed by atoms with E-state index in [1.165, 1.54) is 11.8 Å². The number of aromatic nitrogens is 3. The number of hydrogen-bond acceptors (Lipinski definition) is 7. The second-order valence-corrected chi connectivity index (χ2v) is 8.41. The number of carbonyl (C=O) groups is 1. The molecule has 0 fully saturated rings. The van der Waals surface area contributed by atoms with Crippen LogP contribution in [0.4, 0.5) is 0 Å². The lowest BCUT2D eigenvalue weighted by molar-refractivity contribution is -0.118. The summed E-state index contributed by atoms with van der Waals surface area (Å²) in [5.74, 6) is 1.81. The Bertz CT molecular complexity index is 1120. The Labute approximate surface area is 196 Å². The van der Waals surface area contributed by atoms with Crippen LogP contribution in [0.15, 0.2) is 52.7 Å². The van der Waals surface area contributed by atoms with Crippen molar-refractivity contribution in [3.05, 3.63) is 53.1 Å². The van der Waals surface area contributed by atoms with Gasteiger partial charge in [0.15, 0.2) is 22.5 Å². The summed E-state index contributed by atoms with van der Waals surface area (Å²) in [6, 6.07) is 12.8. The number of hydrazone groups is 1. The number of amides is 1. The largest absolute Gasteiger partial charge is 0.493 e. The molecule has 0 saturated carbocycles. The van der Waals surface area contributed by atoms with E-state index >= 15 is 0 Å². The first-order valence-electron chi connectivity index (χ1n) is 9.82. The fraction of sp³-hybridized carbons (Fsp3) is 0.273. The van der Waals surface area contributed by atoms with Crippen LogP contribution in [0.5, 0.6) is 11.5 Å². The van der Waals surface area contributed by atoms with E-state index in [1.807, 2.05) is 55.8 Å². The van der Waals surface area contributed by atoms with Crippen LogP contribution in [-0.4, -0.2) is 45.9 Å². The molecular weight excluding hydrogens is 450 g/mol. The predicted octanol–water partition coefficient (Wildman–Crippen LogP) is 4.17.